The summed E-state index contributed by atoms with van der Waals surface area (Å²) < 4.78 is 45.1. The number of piperazine rings is 1. The second-order valence-electron chi connectivity index (χ2n) is 14.8. The van der Waals surface area contributed by atoms with Gasteiger partial charge < -0.3 is 29.0 Å². The zero-order chi connectivity index (χ0) is 43.2. The summed E-state index contributed by atoms with van der Waals surface area (Å²) >= 11 is 8.15. The van der Waals surface area contributed by atoms with Gasteiger partial charge in [-0.1, -0.05) is 60.1 Å². The number of para-hydroxylation sites is 2. The third-order valence-electron chi connectivity index (χ3n) is 10.8. The first-order valence-corrected chi connectivity index (χ1v) is 21.3. The molecular weight excluding hydrogens is 831 g/mol. The van der Waals surface area contributed by atoms with Gasteiger partial charge in [0.2, 0.25) is 12.0 Å². The third-order valence-corrected chi connectivity index (χ3v) is 12.1. The van der Waals surface area contributed by atoms with Crippen LogP contribution in [0, 0.1) is 12.7 Å². The predicted octanol–water partition coefficient (Wildman–Crippen LogP) is 8.87. The van der Waals surface area contributed by atoms with Gasteiger partial charge in [-0.15, -0.1) is 0 Å². The van der Waals surface area contributed by atoms with E-state index in [9.17, 15) is 9.90 Å². The Labute approximate surface area is 367 Å². The molecule has 1 N–H and O–H groups in total. The largest absolute Gasteiger partial charge is 0.496 e. The number of benzene rings is 4. The van der Waals surface area contributed by atoms with E-state index in [0.717, 1.165) is 49.8 Å². The molecule has 0 radical (unpaired) electrons. The maximum absolute atomic E-state index is 15.6. The first-order valence-electron chi connectivity index (χ1n) is 20.1. The van der Waals surface area contributed by atoms with Gasteiger partial charge in [0, 0.05) is 62.7 Å². The molecular formula is C47H44ClFN6O6S. The van der Waals surface area contributed by atoms with Crippen LogP contribution in [0.5, 0.6) is 23.1 Å². The van der Waals surface area contributed by atoms with E-state index < -0.39 is 17.9 Å². The quantitative estimate of drug-likeness (QED) is 0.0995. The van der Waals surface area contributed by atoms with Gasteiger partial charge in [0.25, 0.3) is 0 Å². The molecule has 8 rings (SSSR count). The van der Waals surface area contributed by atoms with Crippen molar-refractivity contribution in [1.82, 2.24) is 29.1 Å². The average Bonchev–Trinajstić information content (AvgIpc) is 3.70. The van der Waals surface area contributed by atoms with Gasteiger partial charge in [0.05, 0.1) is 39.2 Å². The van der Waals surface area contributed by atoms with Gasteiger partial charge in [-0.25, -0.2) is 19.2 Å². The van der Waals surface area contributed by atoms with E-state index in [0.29, 0.717) is 78.4 Å². The number of rotatable bonds is 16. The lowest BCUT2D eigenvalue weighted by Gasteiger charge is -2.32. The maximum atomic E-state index is 15.6. The molecule has 1 fully saturated rings. The lowest BCUT2D eigenvalue weighted by Crippen LogP contribution is -2.45. The predicted molar refractivity (Wildman–Crippen MR) is 238 cm³/mol. The molecule has 0 saturated carbocycles. The number of fused-ring (bicyclic) bond motifs is 1. The van der Waals surface area contributed by atoms with Crippen LogP contribution in [0.15, 0.2) is 103 Å². The standard InChI is InChI=1S/C47H44ClFN6O6S/c1-29-32(16-17-38(43(29)48)59-25-24-55-22-20-54(2)21-23-55)41-42-40(27-51-44(41)33-11-5-7-13-35(33)49)62-53-46(42)61-39(47(56)57)26-30-10-4-8-14-36(30)60-28-31-18-19-50-45(52-31)34-12-6-9-15-37(34)58-3/h4-19,27,39H,20-26,28H2,1-3H3,(H,56,57). The number of carboxylic acid groups (broad SMARTS) is 1. The molecule has 1 unspecified atom stereocenters. The molecule has 4 heterocycles. The van der Waals surface area contributed by atoms with Crippen molar-refractivity contribution in [3.05, 3.63) is 131 Å². The molecule has 318 valence electrons. The summed E-state index contributed by atoms with van der Waals surface area (Å²) in [6.07, 6.45) is 1.80. The summed E-state index contributed by atoms with van der Waals surface area (Å²) in [5.74, 6) is 0.502. The van der Waals surface area contributed by atoms with Gasteiger partial charge in [-0.3, -0.25) is 9.88 Å². The molecule has 1 atom stereocenters. The Morgan fingerprint density at radius 2 is 1.63 bits per heavy atom. The Morgan fingerprint density at radius 3 is 2.40 bits per heavy atom. The number of methoxy groups -OCH3 is 1. The minimum absolute atomic E-state index is 0.0631. The number of carbonyl (C=O) groups is 1. The molecule has 0 spiro atoms. The Hall–Kier alpha value is -6.19. The van der Waals surface area contributed by atoms with Crippen LogP contribution in [-0.2, 0) is 17.8 Å². The van der Waals surface area contributed by atoms with Crippen molar-refractivity contribution >= 4 is 39.2 Å². The van der Waals surface area contributed by atoms with Crippen molar-refractivity contribution < 1.29 is 33.2 Å². The van der Waals surface area contributed by atoms with Crippen molar-refractivity contribution in [1.29, 1.82) is 0 Å². The zero-order valence-corrected chi connectivity index (χ0v) is 36.0. The van der Waals surface area contributed by atoms with Gasteiger partial charge in [-0.05, 0) is 84.7 Å². The fourth-order valence-electron chi connectivity index (χ4n) is 7.42. The lowest BCUT2D eigenvalue weighted by atomic mass is 9.93. The number of hydrogen-bond donors (Lipinski definition) is 1. The van der Waals surface area contributed by atoms with Crippen molar-refractivity contribution in [3.8, 4) is 56.9 Å². The van der Waals surface area contributed by atoms with Gasteiger partial charge in [0.15, 0.2) is 5.82 Å². The number of hydrogen-bond acceptors (Lipinski definition) is 12. The molecule has 0 aliphatic carbocycles. The van der Waals surface area contributed by atoms with E-state index in [1.54, 1.807) is 68.0 Å². The van der Waals surface area contributed by atoms with Crippen molar-refractivity contribution in [2.24, 2.45) is 0 Å². The van der Waals surface area contributed by atoms with E-state index in [4.69, 9.17) is 40.5 Å². The molecule has 1 aliphatic rings. The highest BCUT2D eigenvalue weighted by Gasteiger charge is 2.28. The normalized spacial score (nSPS) is 13.8. The Bertz CT molecular complexity index is 2710. The number of ether oxygens (including phenoxy) is 4. The van der Waals surface area contributed by atoms with E-state index in [2.05, 4.69) is 26.2 Å². The van der Waals surface area contributed by atoms with Gasteiger partial charge in [-0.2, -0.15) is 4.37 Å². The van der Waals surface area contributed by atoms with E-state index in [-0.39, 0.29) is 24.5 Å². The molecule has 62 heavy (non-hydrogen) atoms. The van der Waals surface area contributed by atoms with Crippen molar-refractivity contribution in [2.75, 3.05) is 53.5 Å². The Kier molecular flexibility index (Phi) is 13.2. The zero-order valence-electron chi connectivity index (χ0n) is 34.4. The monoisotopic (exact) mass is 874 g/mol. The van der Waals surface area contributed by atoms with Crippen LogP contribution in [0.1, 0.15) is 16.8 Å². The maximum Gasteiger partial charge on any atom is 0.345 e. The molecule has 12 nitrogen and oxygen atoms in total. The number of nitrogens with zero attached hydrogens (tertiary/aromatic N) is 6. The summed E-state index contributed by atoms with van der Waals surface area (Å²) in [5.41, 5.74) is 4.35. The first kappa shape index (κ1) is 42.5. The number of likely N-dealkylation sites (N-methyl/N-ethyl adjacent to an activating group) is 1. The molecule has 1 aliphatic heterocycles. The Balaban J connectivity index is 1.09. The topological polar surface area (TPSA) is 132 Å². The second-order valence-corrected chi connectivity index (χ2v) is 16.0. The van der Waals surface area contributed by atoms with Crippen LogP contribution in [0.2, 0.25) is 5.02 Å². The average molecular weight is 875 g/mol. The highest BCUT2D eigenvalue weighted by Crippen LogP contribution is 2.46. The fraction of sp³-hybridized carbons (Fsp3) is 0.255. The minimum Gasteiger partial charge on any atom is -0.496 e. The molecule has 15 heteroatoms. The third kappa shape index (κ3) is 9.33. The number of aromatic nitrogens is 4. The molecule has 3 aromatic heterocycles. The van der Waals surface area contributed by atoms with Crippen molar-refractivity contribution in [3.63, 3.8) is 0 Å². The van der Waals surface area contributed by atoms with Crippen LogP contribution in [-0.4, -0.2) is 99.8 Å². The summed E-state index contributed by atoms with van der Waals surface area (Å²) in [5, 5.41) is 11.5. The van der Waals surface area contributed by atoms with Gasteiger partial charge in [0.1, 0.15) is 36.3 Å². The van der Waals surface area contributed by atoms with E-state index in [1.807, 2.05) is 43.3 Å². The number of carboxylic acids is 1. The van der Waals surface area contributed by atoms with Crippen LogP contribution < -0.4 is 18.9 Å². The fourth-order valence-corrected chi connectivity index (χ4v) is 8.34. The number of halogens is 2. The molecule has 7 aromatic rings. The molecule has 4 aromatic carbocycles. The molecule has 0 amide bonds. The molecule has 1 saturated heterocycles. The first-order chi connectivity index (χ1) is 30.2. The Morgan fingerprint density at radius 1 is 0.887 bits per heavy atom. The van der Waals surface area contributed by atoms with Crippen LogP contribution in [0.4, 0.5) is 4.39 Å². The smallest absolute Gasteiger partial charge is 0.345 e. The highest BCUT2D eigenvalue weighted by molar-refractivity contribution is 7.13. The summed E-state index contributed by atoms with van der Waals surface area (Å²) in [4.78, 5) is 31.5. The van der Waals surface area contributed by atoms with Crippen molar-refractivity contribution in [2.45, 2.75) is 26.1 Å². The lowest BCUT2D eigenvalue weighted by molar-refractivity contribution is -0.145. The van der Waals surface area contributed by atoms with Crippen LogP contribution in [0.25, 0.3) is 43.9 Å². The van der Waals surface area contributed by atoms with Crippen LogP contribution in [0.3, 0.4) is 0 Å². The van der Waals surface area contributed by atoms with E-state index >= 15 is 4.39 Å². The second kappa shape index (κ2) is 19.2. The molecule has 0 bridgehead atoms. The highest BCUT2D eigenvalue weighted by atomic mass is 35.5. The SMILES string of the molecule is COc1ccccc1-c1nccc(COc2ccccc2CC(Oc2nsc3cnc(-c4ccccc4F)c(-c4ccc(OCCN5CCN(C)CC5)c(Cl)c4C)c23)C(=O)O)n1. The minimum atomic E-state index is -1.39. The van der Waals surface area contributed by atoms with Gasteiger partial charge >= 0.3 is 5.97 Å². The summed E-state index contributed by atoms with van der Waals surface area (Å²) in [7, 11) is 3.72. The summed E-state index contributed by atoms with van der Waals surface area (Å²) in [6.45, 7) is 7.15. The number of aliphatic carboxylic acids is 1. The van der Waals surface area contributed by atoms with Crippen LogP contribution >= 0.6 is 23.1 Å². The number of pyridine rings is 1. The summed E-state index contributed by atoms with van der Waals surface area (Å²) in [6, 6.07) is 26.5. The van der Waals surface area contributed by atoms with E-state index in [1.165, 1.54) is 6.07 Å².